The van der Waals surface area contributed by atoms with E-state index < -0.39 is 28.8 Å². The number of hydrogen-bond donors (Lipinski definition) is 0. The zero-order valence-electron chi connectivity index (χ0n) is 6.27. The molecule has 0 radical (unpaired) electrons. The van der Waals surface area contributed by atoms with Crippen LogP contribution in [0, 0.1) is 29.8 Å². The fourth-order valence-corrected chi connectivity index (χ4v) is 0.774. The van der Waals surface area contributed by atoms with E-state index in [1.165, 1.54) is 0 Å². The number of terminal acetylenes is 1. The Balaban J connectivity index is 3.33. The Hall–Kier alpha value is -1.76. The molecule has 0 aliphatic rings. The number of halogens is 3. The van der Waals surface area contributed by atoms with Crippen molar-refractivity contribution in [1.82, 2.24) is 0 Å². The first-order chi connectivity index (χ1) is 6.06. The standard InChI is InChI=1S/C9H3F3O/c1-2-9(13)5-3-7(11)8(12)4-6(5)10/h1,3-4H. The number of Topliss-reactive ketones (excluding diaryl/α,β-unsaturated/α-hetero) is 1. The summed E-state index contributed by atoms with van der Waals surface area (Å²) >= 11 is 0. The molecule has 0 aliphatic heterocycles. The summed E-state index contributed by atoms with van der Waals surface area (Å²) < 4.78 is 37.6. The van der Waals surface area contributed by atoms with E-state index in [1.807, 2.05) is 0 Å². The van der Waals surface area contributed by atoms with Gasteiger partial charge < -0.3 is 0 Å². The van der Waals surface area contributed by atoms with Crippen molar-refractivity contribution in [1.29, 1.82) is 0 Å². The van der Waals surface area contributed by atoms with Gasteiger partial charge in [-0.25, -0.2) is 13.2 Å². The van der Waals surface area contributed by atoms with Gasteiger partial charge in [-0.2, -0.15) is 0 Å². The van der Waals surface area contributed by atoms with Crippen LogP contribution in [0.1, 0.15) is 10.4 Å². The van der Waals surface area contributed by atoms with Gasteiger partial charge >= 0.3 is 0 Å². The highest BCUT2D eigenvalue weighted by Crippen LogP contribution is 2.13. The smallest absolute Gasteiger partial charge is 0.238 e. The van der Waals surface area contributed by atoms with Crippen LogP contribution in [0.25, 0.3) is 0 Å². The topological polar surface area (TPSA) is 17.1 Å². The number of carbonyl (C=O) groups excluding carboxylic acids is 1. The molecule has 0 aromatic heterocycles. The lowest BCUT2D eigenvalue weighted by atomic mass is 10.1. The van der Waals surface area contributed by atoms with Crippen molar-refractivity contribution in [2.45, 2.75) is 0 Å². The number of benzene rings is 1. The zero-order chi connectivity index (χ0) is 10.0. The number of hydrogen-bond acceptors (Lipinski definition) is 1. The third-order valence-electron chi connectivity index (χ3n) is 1.39. The van der Waals surface area contributed by atoms with Crippen LogP contribution in [-0.2, 0) is 0 Å². The Kier molecular flexibility index (Phi) is 2.38. The highest BCUT2D eigenvalue weighted by atomic mass is 19.2. The van der Waals surface area contributed by atoms with Crippen molar-refractivity contribution in [3.8, 4) is 12.3 Å². The third kappa shape index (κ3) is 1.70. The summed E-state index contributed by atoms with van der Waals surface area (Å²) in [6.45, 7) is 0. The number of ketones is 1. The summed E-state index contributed by atoms with van der Waals surface area (Å²) in [6.07, 6.45) is 4.68. The highest BCUT2D eigenvalue weighted by molar-refractivity contribution is 6.08. The van der Waals surface area contributed by atoms with Gasteiger partial charge in [-0.15, -0.1) is 6.42 Å². The highest BCUT2D eigenvalue weighted by Gasteiger charge is 2.13. The van der Waals surface area contributed by atoms with E-state index in [-0.39, 0.29) is 6.07 Å². The van der Waals surface area contributed by atoms with Gasteiger partial charge in [0.15, 0.2) is 11.6 Å². The number of rotatable bonds is 1. The van der Waals surface area contributed by atoms with Gasteiger partial charge in [0.25, 0.3) is 0 Å². The van der Waals surface area contributed by atoms with Crippen molar-refractivity contribution in [3.05, 3.63) is 35.1 Å². The minimum Gasteiger partial charge on any atom is -0.279 e. The van der Waals surface area contributed by atoms with Crippen LogP contribution in [0.15, 0.2) is 12.1 Å². The van der Waals surface area contributed by atoms with Gasteiger partial charge in [-0.05, 0) is 12.0 Å². The molecule has 0 heterocycles. The van der Waals surface area contributed by atoms with Crippen LogP contribution < -0.4 is 0 Å². The summed E-state index contributed by atoms with van der Waals surface area (Å²) in [4.78, 5) is 10.7. The lowest BCUT2D eigenvalue weighted by molar-refractivity contribution is 0.105. The molecule has 0 N–H and O–H groups in total. The molecule has 1 aromatic carbocycles. The van der Waals surface area contributed by atoms with E-state index in [9.17, 15) is 18.0 Å². The molecule has 1 rings (SSSR count). The molecule has 0 unspecified atom stereocenters. The molecule has 0 fully saturated rings. The fraction of sp³-hybridized carbons (Fsp3) is 0. The first-order valence-corrected chi connectivity index (χ1v) is 3.21. The monoisotopic (exact) mass is 184 g/mol. The van der Waals surface area contributed by atoms with Crippen LogP contribution in [-0.4, -0.2) is 5.78 Å². The van der Waals surface area contributed by atoms with E-state index in [2.05, 4.69) is 6.42 Å². The Labute approximate surface area is 72.2 Å². The van der Waals surface area contributed by atoms with Crippen molar-refractivity contribution < 1.29 is 18.0 Å². The summed E-state index contributed by atoms with van der Waals surface area (Å²) in [6, 6.07) is 0.715. The zero-order valence-corrected chi connectivity index (χ0v) is 6.27. The molecule has 0 bridgehead atoms. The van der Waals surface area contributed by atoms with Gasteiger partial charge in [0.05, 0.1) is 5.56 Å². The molecular formula is C9H3F3O. The normalized spacial score (nSPS) is 9.38. The van der Waals surface area contributed by atoms with Crippen LogP contribution in [0.2, 0.25) is 0 Å². The average Bonchev–Trinajstić information content (AvgIpc) is 2.10. The van der Waals surface area contributed by atoms with Crippen molar-refractivity contribution >= 4 is 5.78 Å². The van der Waals surface area contributed by atoms with Gasteiger partial charge in [0.2, 0.25) is 5.78 Å². The van der Waals surface area contributed by atoms with Gasteiger partial charge in [-0.1, -0.05) is 0 Å². The summed E-state index contributed by atoms with van der Waals surface area (Å²) in [7, 11) is 0. The Morgan fingerprint density at radius 2 is 1.69 bits per heavy atom. The Morgan fingerprint density at radius 3 is 2.23 bits per heavy atom. The number of carbonyl (C=O) groups is 1. The van der Waals surface area contributed by atoms with Gasteiger partial charge in [0, 0.05) is 6.07 Å². The van der Waals surface area contributed by atoms with E-state index >= 15 is 0 Å². The second-order valence-corrected chi connectivity index (χ2v) is 2.22. The second-order valence-electron chi connectivity index (χ2n) is 2.22. The minimum absolute atomic E-state index is 0.278. The molecular weight excluding hydrogens is 181 g/mol. The molecule has 1 nitrogen and oxygen atoms in total. The maximum atomic E-state index is 12.7. The molecule has 0 aliphatic carbocycles. The van der Waals surface area contributed by atoms with Crippen LogP contribution in [0.4, 0.5) is 13.2 Å². The van der Waals surface area contributed by atoms with E-state index in [0.717, 1.165) is 0 Å². The van der Waals surface area contributed by atoms with Crippen molar-refractivity contribution in [2.75, 3.05) is 0 Å². The van der Waals surface area contributed by atoms with Gasteiger partial charge in [0.1, 0.15) is 5.82 Å². The fourth-order valence-electron chi connectivity index (χ4n) is 0.774. The largest absolute Gasteiger partial charge is 0.279 e. The molecule has 1 aromatic rings. The molecule has 0 amide bonds. The predicted molar refractivity (Wildman–Crippen MR) is 39.5 cm³/mol. The van der Waals surface area contributed by atoms with E-state index in [1.54, 1.807) is 5.92 Å². The quantitative estimate of drug-likeness (QED) is 0.282. The SMILES string of the molecule is C#CC(=O)c1cc(F)c(F)cc1F. The van der Waals surface area contributed by atoms with E-state index in [0.29, 0.717) is 6.07 Å². The van der Waals surface area contributed by atoms with Crippen LogP contribution in [0.3, 0.4) is 0 Å². The predicted octanol–water partition coefficient (Wildman–Crippen LogP) is 1.92. The summed E-state index contributed by atoms with van der Waals surface area (Å²) in [5, 5.41) is 0. The molecule has 0 saturated heterocycles. The Bertz CT molecular complexity index is 404. The molecule has 0 spiro atoms. The van der Waals surface area contributed by atoms with Crippen LogP contribution in [0.5, 0.6) is 0 Å². The molecule has 0 atom stereocenters. The van der Waals surface area contributed by atoms with Gasteiger partial charge in [-0.3, -0.25) is 4.79 Å². The lowest BCUT2D eigenvalue weighted by Gasteiger charge is -1.98. The third-order valence-corrected chi connectivity index (χ3v) is 1.39. The maximum Gasteiger partial charge on any atom is 0.238 e. The molecule has 13 heavy (non-hydrogen) atoms. The second kappa shape index (κ2) is 3.31. The lowest BCUT2D eigenvalue weighted by Crippen LogP contribution is -2.01. The first-order valence-electron chi connectivity index (χ1n) is 3.21. The average molecular weight is 184 g/mol. The van der Waals surface area contributed by atoms with Crippen molar-refractivity contribution in [2.24, 2.45) is 0 Å². The Morgan fingerprint density at radius 1 is 1.15 bits per heavy atom. The molecule has 66 valence electrons. The minimum atomic E-state index is -1.36. The summed E-state index contributed by atoms with van der Waals surface area (Å²) in [5.74, 6) is -3.24. The molecule has 4 heteroatoms. The molecule has 0 saturated carbocycles. The van der Waals surface area contributed by atoms with E-state index in [4.69, 9.17) is 0 Å². The first kappa shape index (κ1) is 9.33. The maximum absolute atomic E-state index is 12.7. The van der Waals surface area contributed by atoms with Crippen molar-refractivity contribution in [3.63, 3.8) is 0 Å². The summed E-state index contributed by atoms with van der Waals surface area (Å²) in [5.41, 5.74) is -0.638. The van der Waals surface area contributed by atoms with Crippen LogP contribution >= 0.6 is 0 Å².